The second kappa shape index (κ2) is 9.71. The molecule has 2 aromatic rings. The number of phenols is 1. The number of ketones is 1. The maximum atomic E-state index is 13.0. The minimum Gasteiger partial charge on any atom is -0.507 e. The summed E-state index contributed by atoms with van der Waals surface area (Å²) in [4.78, 5) is 27.2. The number of aromatic hydroxyl groups is 1. The van der Waals surface area contributed by atoms with Crippen LogP contribution in [0.4, 0.5) is 0 Å². The van der Waals surface area contributed by atoms with Crippen LogP contribution in [-0.4, -0.2) is 47.6 Å². The lowest BCUT2D eigenvalue weighted by Crippen LogP contribution is -2.30. The van der Waals surface area contributed by atoms with Gasteiger partial charge in [0, 0.05) is 12.1 Å². The number of hydrogen-bond acceptors (Lipinski definition) is 6. The van der Waals surface area contributed by atoms with Gasteiger partial charge in [0.1, 0.15) is 5.76 Å². The first-order valence-electron chi connectivity index (χ1n) is 9.93. The average molecular weight is 480 g/mol. The summed E-state index contributed by atoms with van der Waals surface area (Å²) in [5.41, 5.74) is 0.496. The molecule has 2 N–H and O–H groups in total. The van der Waals surface area contributed by atoms with E-state index in [0.717, 1.165) is 6.42 Å². The lowest BCUT2D eigenvalue weighted by molar-refractivity contribution is -0.139. The van der Waals surface area contributed by atoms with Crippen molar-refractivity contribution in [3.8, 4) is 17.2 Å². The molecule has 1 heterocycles. The van der Waals surface area contributed by atoms with Crippen molar-refractivity contribution in [2.45, 2.75) is 25.8 Å². The van der Waals surface area contributed by atoms with E-state index in [2.05, 4.69) is 0 Å². The van der Waals surface area contributed by atoms with Crippen LogP contribution in [0.3, 0.4) is 0 Å². The monoisotopic (exact) mass is 479 g/mol. The zero-order valence-electron chi connectivity index (χ0n) is 17.8. The highest BCUT2D eigenvalue weighted by molar-refractivity contribution is 6.46. The fraction of sp³-hybridized carbons (Fsp3) is 0.304. The van der Waals surface area contributed by atoms with Crippen molar-refractivity contribution in [1.29, 1.82) is 0 Å². The summed E-state index contributed by atoms with van der Waals surface area (Å²) in [6, 6.07) is 6.49. The molecule has 0 aromatic heterocycles. The molecule has 170 valence electrons. The molecule has 1 amide bonds. The van der Waals surface area contributed by atoms with Crippen LogP contribution in [0, 0.1) is 0 Å². The first-order chi connectivity index (χ1) is 15.2. The fourth-order valence-corrected chi connectivity index (χ4v) is 4.35. The first kappa shape index (κ1) is 23.8. The molecule has 3 rings (SSSR count). The number of nitrogens with zero attached hydrogens (tertiary/aromatic N) is 1. The number of carbonyl (C=O) groups excluding carboxylic acids is 2. The van der Waals surface area contributed by atoms with Crippen LogP contribution >= 0.6 is 23.2 Å². The number of unbranched alkanes of at least 4 members (excludes halogenated alkanes) is 1. The number of methoxy groups -OCH3 is 2. The molecular formula is C23H23Cl2NO6. The topological polar surface area (TPSA) is 96.3 Å². The third kappa shape index (κ3) is 4.23. The molecule has 7 nitrogen and oxygen atoms in total. The van der Waals surface area contributed by atoms with Crippen LogP contribution in [0.15, 0.2) is 35.9 Å². The minimum atomic E-state index is -0.905. The Morgan fingerprint density at radius 1 is 1.09 bits per heavy atom. The van der Waals surface area contributed by atoms with Gasteiger partial charge in [-0.3, -0.25) is 9.59 Å². The van der Waals surface area contributed by atoms with Crippen LogP contribution in [0.2, 0.25) is 10.0 Å². The summed E-state index contributed by atoms with van der Waals surface area (Å²) in [7, 11) is 2.82. The number of benzene rings is 2. The predicted molar refractivity (Wildman–Crippen MR) is 122 cm³/mol. The van der Waals surface area contributed by atoms with E-state index in [9.17, 15) is 19.8 Å². The summed E-state index contributed by atoms with van der Waals surface area (Å²) >= 11 is 12.4. The smallest absolute Gasteiger partial charge is 0.295 e. The normalized spacial score (nSPS) is 17.7. The maximum absolute atomic E-state index is 13.0. The molecule has 1 atom stereocenters. The number of rotatable bonds is 7. The van der Waals surface area contributed by atoms with Gasteiger partial charge in [0.25, 0.3) is 11.7 Å². The molecule has 0 spiro atoms. The van der Waals surface area contributed by atoms with Crippen LogP contribution in [-0.2, 0) is 9.59 Å². The Morgan fingerprint density at radius 2 is 1.75 bits per heavy atom. The fourth-order valence-electron chi connectivity index (χ4n) is 3.71. The Labute approximate surface area is 195 Å². The summed E-state index contributed by atoms with van der Waals surface area (Å²) in [5.74, 6) is -1.67. The predicted octanol–water partition coefficient (Wildman–Crippen LogP) is 4.94. The van der Waals surface area contributed by atoms with Gasteiger partial charge in [0.05, 0.1) is 35.9 Å². The minimum absolute atomic E-state index is 0.118. The number of aliphatic hydroxyl groups excluding tert-OH is 1. The Balaban J connectivity index is 2.22. The number of phenolic OH excluding ortho intramolecular Hbond substituents is 1. The van der Waals surface area contributed by atoms with Crippen molar-refractivity contribution in [2.24, 2.45) is 0 Å². The molecule has 1 fully saturated rings. The zero-order valence-corrected chi connectivity index (χ0v) is 19.3. The molecule has 0 aliphatic carbocycles. The van der Waals surface area contributed by atoms with E-state index in [1.807, 2.05) is 6.92 Å². The number of likely N-dealkylation sites (tertiary alicyclic amines) is 1. The summed E-state index contributed by atoms with van der Waals surface area (Å²) < 4.78 is 10.2. The van der Waals surface area contributed by atoms with E-state index in [1.165, 1.54) is 43.4 Å². The molecule has 1 aliphatic rings. The number of Topliss-reactive ketones (excluding diaryl/α,β-unsaturated/α-hetero) is 1. The van der Waals surface area contributed by atoms with E-state index in [-0.39, 0.29) is 38.4 Å². The van der Waals surface area contributed by atoms with Gasteiger partial charge in [-0.05, 0) is 36.2 Å². The van der Waals surface area contributed by atoms with Crippen LogP contribution in [0.1, 0.15) is 36.9 Å². The quantitative estimate of drug-likeness (QED) is 0.331. The number of carbonyl (C=O) groups is 2. The van der Waals surface area contributed by atoms with Gasteiger partial charge >= 0.3 is 0 Å². The standard InChI is InChI=1S/C23H23Cl2NO6/c1-4-5-8-26-19(12-6-7-17(31-2)16(27)11-12)18(21(29)23(26)30)20(28)13-9-14(24)22(32-3)15(25)10-13/h6-7,9-11,19,27-28H,4-5,8H2,1-3H3/b20-18+. The largest absolute Gasteiger partial charge is 0.507 e. The summed E-state index contributed by atoms with van der Waals surface area (Å²) in [6.07, 6.45) is 1.46. The van der Waals surface area contributed by atoms with E-state index in [4.69, 9.17) is 32.7 Å². The van der Waals surface area contributed by atoms with E-state index in [1.54, 1.807) is 6.07 Å². The lowest BCUT2D eigenvalue weighted by Gasteiger charge is -2.25. The summed E-state index contributed by atoms with van der Waals surface area (Å²) in [5, 5.41) is 21.7. The molecule has 2 aromatic carbocycles. The van der Waals surface area contributed by atoms with Crippen molar-refractivity contribution in [1.82, 2.24) is 4.90 Å². The molecule has 1 unspecified atom stereocenters. The number of aliphatic hydroxyl groups is 1. The molecule has 0 saturated carbocycles. The van der Waals surface area contributed by atoms with E-state index < -0.39 is 23.5 Å². The molecule has 32 heavy (non-hydrogen) atoms. The molecule has 0 radical (unpaired) electrons. The van der Waals surface area contributed by atoms with E-state index in [0.29, 0.717) is 18.5 Å². The van der Waals surface area contributed by atoms with Crippen molar-refractivity contribution in [3.63, 3.8) is 0 Å². The first-order valence-corrected chi connectivity index (χ1v) is 10.7. The average Bonchev–Trinajstić information content (AvgIpc) is 3.01. The number of amides is 1. The Kier molecular flexibility index (Phi) is 7.21. The highest BCUT2D eigenvalue weighted by atomic mass is 35.5. The molecule has 0 bridgehead atoms. The van der Waals surface area contributed by atoms with Crippen LogP contribution in [0.5, 0.6) is 17.2 Å². The molecule has 9 heteroatoms. The van der Waals surface area contributed by atoms with Crippen molar-refractivity contribution >= 4 is 40.7 Å². The molecule has 1 aliphatic heterocycles. The van der Waals surface area contributed by atoms with Gasteiger partial charge in [0.15, 0.2) is 17.2 Å². The second-order valence-electron chi connectivity index (χ2n) is 7.25. The van der Waals surface area contributed by atoms with Crippen molar-refractivity contribution < 1.29 is 29.3 Å². The van der Waals surface area contributed by atoms with E-state index >= 15 is 0 Å². The van der Waals surface area contributed by atoms with Crippen LogP contribution < -0.4 is 9.47 Å². The molecular weight excluding hydrogens is 457 g/mol. The van der Waals surface area contributed by atoms with Crippen molar-refractivity contribution in [3.05, 3.63) is 57.1 Å². The Bertz CT molecular complexity index is 1070. The second-order valence-corrected chi connectivity index (χ2v) is 8.06. The highest BCUT2D eigenvalue weighted by Crippen LogP contribution is 2.43. The highest BCUT2D eigenvalue weighted by Gasteiger charge is 2.46. The van der Waals surface area contributed by atoms with Gasteiger partial charge in [0.2, 0.25) is 0 Å². The van der Waals surface area contributed by atoms with Gasteiger partial charge in [-0.2, -0.15) is 0 Å². The Morgan fingerprint density at radius 3 is 2.28 bits per heavy atom. The third-order valence-electron chi connectivity index (χ3n) is 5.29. The number of hydrogen-bond donors (Lipinski definition) is 2. The summed E-state index contributed by atoms with van der Waals surface area (Å²) in [6.45, 7) is 2.27. The number of halogens is 2. The van der Waals surface area contributed by atoms with Crippen molar-refractivity contribution in [2.75, 3.05) is 20.8 Å². The van der Waals surface area contributed by atoms with Gasteiger partial charge in [-0.25, -0.2) is 0 Å². The van der Waals surface area contributed by atoms with Crippen LogP contribution in [0.25, 0.3) is 5.76 Å². The van der Waals surface area contributed by atoms with Gasteiger partial charge in [-0.1, -0.05) is 42.6 Å². The molecule has 1 saturated heterocycles. The zero-order chi connectivity index (χ0) is 23.6. The SMILES string of the molecule is CCCCN1C(=O)C(=O)/C(=C(/O)c2cc(Cl)c(OC)c(Cl)c2)C1c1ccc(OC)c(O)c1. The third-order valence-corrected chi connectivity index (χ3v) is 5.85. The lowest BCUT2D eigenvalue weighted by atomic mass is 9.95. The van der Waals surface area contributed by atoms with Gasteiger partial charge in [-0.15, -0.1) is 0 Å². The van der Waals surface area contributed by atoms with Gasteiger partial charge < -0.3 is 24.6 Å². The Hall–Kier alpha value is -2.90. The number of ether oxygens (including phenoxy) is 2. The maximum Gasteiger partial charge on any atom is 0.295 e.